The minimum absolute atomic E-state index is 0.0329. The van der Waals surface area contributed by atoms with Crippen molar-refractivity contribution in [3.63, 3.8) is 0 Å². The van der Waals surface area contributed by atoms with E-state index in [2.05, 4.69) is 21.2 Å². The van der Waals surface area contributed by atoms with Gasteiger partial charge in [0.2, 0.25) is 11.8 Å². The number of nitrogens with zero attached hydrogens (tertiary/aromatic N) is 1. The average Bonchev–Trinajstić information content (AvgIpc) is 3.39. The van der Waals surface area contributed by atoms with Crippen LogP contribution in [0.4, 0.5) is 0 Å². The van der Waals surface area contributed by atoms with Crippen molar-refractivity contribution in [3.05, 3.63) is 34.3 Å². The molecule has 1 saturated heterocycles. The van der Waals surface area contributed by atoms with Crippen LogP contribution in [0.2, 0.25) is 0 Å². The Morgan fingerprint density at radius 1 is 1.26 bits per heavy atom. The Morgan fingerprint density at radius 3 is 2.74 bits per heavy atom. The van der Waals surface area contributed by atoms with Crippen LogP contribution in [-0.4, -0.2) is 29.8 Å². The number of piperidine rings is 1. The molecule has 2 fully saturated rings. The molecule has 0 bridgehead atoms. The van der Waals surface area contributed by atoms with E-state index >= 15 is 0 Å². The first kappa shape index (κ1) is 16.5. The van der Waals surface area contributed by atoms with Crippen molar-refractivity contribution in [3.8, 4) is 0 Å². The summed E-state index contributed by atoms with van der Waals surface area (Å²) in [7, 11) is 0. The Morgan fingerprint density at radius 2 is 2.04 bits per heavy atom. The number of rotatable bonds is 4. The van der Waals surface area contributed by atoms with E-state index in [4.69, 9.17) is 0 Å². The standard InChI is InChI=1S/C18H23BrN2O2/c1-12(14-4-2-6-16(19)10-14)20-17(22)15-5-3-9-21(11-15)18(23)13-7-8-13/h2,4,6,10,12-13,15H,3,5,7-9,11H2,1H3,(H,20,22). The zero-order valence-corrected chi connectivity index (χ0v) is 15.0. The van der Waals surface area contributed by atoms with Gasteiger partial charge in [0.05, 0.1) is 12.0 Å². The molecule has 2 amide bonds. The van der Waals surface area contributed by atoms with E-state index in [1.165, 1.54) is 0 Å². The fourth-order valence-electron chi connectivity index (χ4n) is 3.17. The lowest BCUT2D eigenvalue weighted by atomic mass is 9.96. The van der Waals surface area contributed by atoms with Gasteiger partial charge in [-0.3, -0.25) is 9.59 Å². The van der Waals surface area contributed by atoms with Crippen LogP contribution >= 0.6 is 15.9 Å². The van der Waals surface area contributed by atoms with Crippen molar-refractivity contribution in [1.82, 2.24) is 10.2 Å². The SMILES string of the molecule is CC(NC(=O)C1CCCN(C(=O)C2CC2)C1)c1cccc(Br)c1. The molecule has 1 aromatic carbocycles. The lowest BCUT2D eigenvalue weighted by Crippen LogP contribution is -2.46. The third kappa shape index (κ3) is 4.14. The van der Waals surface area contributed by atoms with Crippen LogP contribution in [0, 0.1) is 11.8 Å². The second-order valence-electron chi connectivity index (χ2n) is 6.68. The van der Waals surface area contributed by atoms with E-state index in [1.54, 1.807) is 0 Å². The van der Waals surface area contributed by atoms with E-state index < -0.39 is 0 Å². The van der Waals surface area contributed by atoms with Crippen molar-refractivity contribution in [2.75, 3.05) is 13.1 Å². The highest BCUT2D eigenvalue weighted by Gasteiger charge is 2.36. The summed E-state index contributed by atoms with van der Waals surface area (Å²) in [6.07, 6.45) is 3.82. The summed E-state index contributed by atoms with van der Waals surface area (Å²) in [5.41, 5.74) is 1.08. The number of carbonyl (C=O) groups is 2. The second kappa shape index (κ2) is 7.04. The smallest absolute Gasteiger partial charge is 0.225 e. The van der Waals surface area contributed by atoms with Crippen molar-refractivity contribution in [1.29, 1.82) is 0 Å². The number of likely N-dealkylation sites (tertiary alicyclic amines) is 1. The Balaban J connectivity index is 1.57. The highest BCUT2D eigenvalue weighted by Crippen LogP contribution is 2.32. The van der Waals surface area contributed by atoms with Crippen molar-refractivity contribution < 1.29 is 9.59 Å². The minimum Gasteiger partial charge on any atom is -0.349 e. The third-order valence-corrected chi connectivity index (χ3v) is 5.23. The summed E-state index contributed by atoms with van der Waals surface area (Å²) < 4.78 is 1.01. The predicted octanol–water partition coefficient (Wildman–Crippen LogP) is 3.27. The van der Waals surface area contributed by atoms with Gasteiger partial charge < -0.3 is 10.2 Å². The van der Waals surface area contributed by atoms with E-state index in [9.17, 15) is 9.59 Å². The molecule has 2 atom stereocenters. The van der Waals surface area contributed by atoms with Gasteiger partial charge in [-0.25, -0.2) is 0 Å². The molecule has 0 aromatic heterocycles. The van der Waals surface area contributed by atoms with E-state index in [0.717, 1.165) is 42.3 Å². The molecule has 1 aliphatic heterocycles. The average molecular weight is 379 g/mol. The van der Waals surface area contributed by atoms with Crippen molar-refractivity contribution >= 4 is 27.7 Å². The monoisotopic (exact) mass is 378 g/mol. The van der Waals surface area contributed by atoms with Gasteiger partial charge in [-0.15, -0.1) is 0 Å². The normalized spacial score (nSPS) is 22.5. The molecule has 1 aromatic rings. The molecule has 2 unspecified atom stereocenters. The van der Waals surface area contributed by atoms with Gasteiger partial charge >= 0.3 is 0 Å². The largest absolute Gasteiger partial charge is 0.349 e. The molecule has 5 heteroatoms. The lowest BCUT2D eigenvalue weighted by molar-refractivity contribution is -0.137. The summed E-state index contributed by atoms with van der Waals surface area (Å²) >= 11 is 3.46. The molecule has 2 aliphatic rings. The van der Waals surface area contributed by atoms with Crippen LogP contribution in [0.3, 0.4) is 0 Å². The summed E-state index contributed by atoms with van der Waals surface area (Å²) in [6.45, 7) is 3.38. The van der Waals surface area contributed by atoms with Gasteiger partial charge in [-0.1, -0.05) is 28.1 Å². The van der Waals surface area contributed by atoms with Crippen molar-refractivity contribution in [2.45, 2.75) is 38.6 Å². The van der Waals surface area contributed by atoms with Crippen LogP contribution in [0.15, 0.2) is 28.7 Å². The highest BCUT2D eigenvalue weighted by molar-refractivity contribution is 9.10. The third-order valence-electron chi connectivity index (χ3n) is 4.74. The number of hydrogen-bond donors (Lipinski definition) is 1. The maximum atomic E-state index is 12.6. The summed E-state index contributed by atoms with van der Waals surface area (Å²) in [4.78, 5) is 26.7. The topological polar surface area (TPSA) is 49.4 Å². The first-order valence-electron chi connectivity index (χ1n) is 8.39. The number of halogens is 1. The quantitative estimate of drug-likeness (QED) is 0.873. The van der Waals surface area contributed by atoms with Gasteiger partial charge in [-0.05, 0) is 50.3 Å². The van der Waals surface area contributed by atoms with Crippen molar-refractivity contribution in [2.24, 2.45) is 11.8 Å². The number of amides is 2. The lowest BCUT2D eigenvalue weighted by Gasteiger charge is -2.32. The van der Waals surface area contributed by atoms with E-state index in [1.807, 2.05) is 36.1 Å². The first-order chi connectivity index (χ1) is 11.0. The fraction of sp³-hybridized carbons (Fsp3) is 0.556. The molecule has 0 radical (unpaired) electrons. The van der Waals surface area contributed by atoms with Crippen LogP contribution < -0.4 is 5.32 Å². The van der Waals surface area contributed by atoms with Crippen LogP contribution in [-0.2, 0) is 9.59 Å². The maximum absolute atomic E-state index is 12.6. The molecular formula is C18H23BrN2O2. The fourth-order valence-corrected chi connectivity index (χ4v) is 3.59. The summed E-state index contributed by atoms with van der Waals surface area (Å²) in [5.74, 6) is 0.465. The van der Waals surface area contributed by atoms with Gasteiger partial charge in [-0.2, -0.15) is 0 Å². The summed E-state index contributed by atoms with van der Waals surface area (Å²) in [5, 5.41) is 3.10. The Labute approximate surface area is 145 Å². The van der Waals surface area contributed by atoms with Crippen LogP contribution in [0.25, 0.3) is 0 Å². The van der Waals surface area contributed by atoms with E-state index in [0.29, 0.717) is 6.54 Å². The molecule has 124 valence electrons. The van der Waals surface area contributed by atoms with Gasteiger partial charge in [0.1, 0.15) is 0 Å². The molecule has 23 heavy (non-hydrogen) atoms. The predicted molar refractivity (Wildman–Crippen MR) is 92.7 cm³/mol. The Hall–Kier alpha value is -1.36. The second-order valence-corrected chi connectivity index (χ2v) is 7.60. The minimum atomic E-state index is -0.0824. The summed E-state index contributed by atoms with van der Waals surface area (Å²) in [6, 6.07) is 7.95. The molecule has 4 nitrogen and oxygen atoms in total. The molecular weight excluding hydrogens is 356 g/mol. The maximum Gasteiger partial charge on any atom is 0.225 e. The van der Waals surface area contributed by atoms with E-state index in [-0.39, 0.29) is 29.7 Å². The zero-order valence-electron chi connectivity index (χ0n) is 13.4. The van der Waals surface area contributed by atoms with Gasteiger partial charge in [0.25, 0.3) is 0 Å². The number of carbonyl (C=O) groups excluding carboxylic acids is 2. The molecule has 1 saturated carbocycles. The van der Waals surface area contributed by atoms with Gasteiger partial charge in [0, 0.05) is 23.5 Å². The molecule has 0 spiro atoms. The number of benzene rings is 1. The Bertz CT molecular complexity index is 600. The molecule has 1 N–H and O–H groups in total. The number of hydrogen-bond acceptors (Lipinski definition) is 2. The van der Waals surface area contributed by atoms with Crippen LogP contribution in [0.5, 0.6) is 0 Å². The number of nitrogens with one attached hydrogen (secondary N) is 1. The highest BCUT2D eigenvalue weighted by atomic mass is 79.9. The molecule has 1 heterocycles. The zero-order chi connectivity index (χ0) is 16.4. The molecule has 1 aliphatic carbocycles. The molecule has 3 rings (SSSR count). The Kier molecular flexibility index (Phi) is 5.05. The first-order valence-corrected chi connectivity index (χ1v) is 9.18. The van der Waals surface area contributed by atoms with Crippen LogP contribution in [0.1, 0.15) is 44.2 Å². The van der Waals surface area contributed by atoms with Gasteiger partial charge in [0.15, 0.2) is 0 Å².